The molecule has 0 heterocycles. The zero-order valence-electron chi connectivity index (χ0n) is 60.1. The molecule has 0 aromatic rings. The molecule has 0 N–H and O–H groups in total. The number of phosphoric acid groups is 1. The summed E-state index contributed by atoms with van der Waals surface area (Å²) in [6, 6.07) is 0. The Balaban J connectivity index is 4.16. The fraction of sp³-hybridized carbons (Fsp3) is 0.571. The van der Waals surface area contributed by atoms with E-state index >= 15 is 0 Å². The van der Waals surface area contributed by atoms with Crippen molar-refractivity contribution in [2.45, 2.75) is 264 Å². The zero-order valence-corrected chi connectivity index (χ0v) is 61.0. The second kappa shape index (κ2) is 71.9. The lowest BCUT2D eigenvalue weighted by Gasteiger charge is -2.28. The Hall–Kier alpha value is -5.41. The van der Waals surface area contributed by atoms with E-state index in [1.54, 1.807) is 0 Å². The standard InChI is InChI=1S/C84H134NO8P/c1-6-8-10-12-14-16-18-20-22-24-26-28-30-32-34-36-38-40-41-42-43-45-47-49-51-53-55-57-59-61-63-65-67-69-71-73-75-77-84(87)93-82(81-92-94(88,89)91-79-78-85(3,4)5)80-90-83(86)76-74-72-70-68-66-64-62-60-58-56-54-52-50-48-46-44-39-37-35-33-31-29-27-25-23-21-19-17-15-13-11-9-7-2/h8-11,14-17,20-23,26-29,32-35,38-40,42-44,47-50,53,55,59,61,82H,6-7,12-13,18-19,24-25,30-31,36-37,41,45-46,51-52,54,56-58,60,62-81H2,1-5H3/b10-8-,11-9-,16-14-,17-15-,22-20-,23-21-,28-26-,29-27-,34-32-,35-33-,40-38-,43-42-,44-39-,49-47-,50-48-,55-53-,61-59-. The summed E-state index contributed by atoms with van der Waals surface area (Å²) >= 11 is 0. The van der Waals surface area contributed by atoms with Gasteiger partial charge in [0.1, 0.15) is 19.8 Å². The van der Waals surface area contributed by atoms with Crippen LogP contribution in [0.5, 0.6) is 0 Å². The lowest BCUT2D eigenvalue weighted by atomic mass is 10.0. The van der Waals surface area contributed by atoms with Crippen molar-refractivity contribution >= 4 is 19.8 Å². The van der Waals surface area contributed by atoms with Gasteiger partial charge in [-0.05, 0) is 148 Å². The van der Waals surface area contributed by atoms with E-state index in [1.165, 1.54) is 44.9 Å². The molecule has 2 atom stereocenters. The highest BCUT2D eigenvalue weighted by Crippen LogP contribution is 2.38. The topological polar surface area (TPSA) is 111 Å². The van der Waals surface area contributed by atoms with Crippen molar-refractivity contribution < 1.29 is 42.1 Å². The molecule has 9 nitrogen and oxygen atoms in total. The van der Waals surface area contributed by atoms with Crippen LogP contribution in [-0.4, -0.2) is 70.0 Å². The molecule has 0 spiro atoms. The van der Waals surface area contributed by atoms with Crippen LogP contribution in [0.2, 0.25) is 0 Å². The average Bonchev–Trinajstić information content (AvgIpc) is 1.56. The maximum absolute atomic E-state index is 12.9. The first-order chi connectivity index (χ1) is 46.0. The number of carbonyl (C=O) groups excluding carboxylic acids is 2. The number of quaternary nitrogens is 1. The van der Waals surface area contributed by atoms with Gasteiger partial charge in [0.15, 0.2) is 6.10 Å². The third-order valence-corrected chi connectivity index (χ3v) is 15.8. The second-order valence-electron chi connectivity index (χ2n) is 24.8. The van der Waals surface area contributed by atoms with Gasteiger partial charge in [0.05, 0.1) is 27.7 Å². The van der Waals surface area contributed by atoms with E-state index in [0.717, 1.165) is 173 Å². The predicted octanol–water partition coefficient (Wildman–Crippen LogP) is 24.0. The molecular weight excluding hydrogens is 1180 g/mol. The van der Waals surface area contributed by atoms with E-state index in [0.29, 0.717) is 23.9 Å². The Labute approximate surface area is 576 Å². The summed E-state index contributed by atoms with van der Waals surface area (Å²) in [4.78, 5) is 38.1. The van der Waals surface area contributed by atoms with Crippen LogP contribution in [0, 0.1) is 0 Å². The first-order valence-electron chi connectivity index (χ1n) is 36.8. The van der Waals surface area contributed by atoms with Crippen LogP contribution in [0.25, 0.3) is 0 Å². The molecule has 528 valence electrons. The van der Waals surface area contributed by atoms with Crippen LogP contribution in [-0.2, 0) is 32.7 Å². The number of phosphoric ester groups is 1. The van der Waals surface area contributed by atoms with Crippen LogP contribution >= 0.6 is 7.82 Å². The number of nitrogens with zero attached hydrogens (tertiary/aromatic N) is 1. The molecule has 0 aromatic heterocycles. The third-order valence-electron chi connectivity index (χ3n) is 14.8. The molecule has 2 unspecified atom stereocenters. The van der Waals surface area contributed by atoms with Crippen molar-refractivity contribution in [2.24, 2.45) is 0 Å². The molecule has 0 bridgehead atoms. The predicted molar refractivity (Wildman–Crippen MR) is 405 cm³/mol. The molecule has 10 heteroatoms. The summed E-state index contributed by atoms with van der Waals surface area (Å²) in [6.07, 6.45) is 113. The van der Waals surface area contributed by atoms with E-state index in [-0.39, 0.29) is 26.1 Å². The summed E-state index contributed by atoms with van der Waals surface area (Å²) in [5.74, 6) is -0.867. The van der Waals surface area contributed by atoms with Crippen molar-refractivity contribution in [3.63, 3.8) is 0 Å². The monoisotopic (exact) mass is 1320 g/mol. The number of allylic oxidation sites excluding steroid dienone is 34. The second-order valence-corrected chi connectivity index (χ2v) is 26.2. The van der Waals surface area contributed by atoms with Crippen molar-refractivity contribution in [3.8, 4) is 0 Å². The lowest BCUT2D eigenvalue weighted by Crippen LogP contribution is -2.37. The highest BCUT2D eigenvalue weighted by Gasteiger charge is 2.22. The van der Waals surface area contributed by atoms with E-state index in [2.05, 4.69) is 220 Å². The fourth-order valence-electron chi connectivity index (χ4n) is 9.25. The van der Waals surface area contributed by atoms with Crippen LogP contribution in [0.4, 0.5) is 0 Å². The average molecular weight is 1320 g/mol. The molecule has 0 aromatic carbocycles. The largest absolute Gasteiger partial charge is 0.756 e. The molecule has 0 aliphatic heterocycles. The van der Waals surface area contributed by atoms with Crippen LogP contribution < -0.4 is 4.89 Å². The zero-order chi connectivity index (χ0) is 68.3. The van der Waals surface area contributed by atoms with E-state index < -0.39 is 32.5 Å². The van der Waals surface area contributed by atoms with Gasteiger partial charge in [-0.3, -0.25) is 14.2 Å². The van der Waals surface area contributed by atoms with Gasteiger partial charge >= 0.3 is 11.9 Å². The highest BCUT2D eigenvalue weighted by atomic mass is 31.2. The Morgan fingerprint density at radius 1 is 0.330 bits per heavy atom. The van der Waals surface area contributed by atoms with Crippen LogP contribution in [0.3, 0.4) is 0 Å². The van der Waals surface area contributed by atoms with Gasteiger partial charge in [0.25, 0.3) is 7.82 Å². The maximum Gasteiger partial charge on any atom is 0.306 e. The molecule has 0 rings (SSSR count). The van der Waals surface area contributed by atoms with Gasteiger partial charge in [-0.25, -0.2) is 0 Å². The number of hydrogen-bond donors (Lipinski definition) is 0. The third kappa shape index (κ3) is 75.6. The SMILES string of the molecule is CC/C=C\C/C=C\C/C=C\C/C=C\C/C=C\C/C=C\C/C=C\C/C=C\C/C=C\C/C=C\CCCCCCCCC(=O)OC(COC(=O)CCCCCCCCCCCCC/C=C\C/C=C\C/C=C\C/C=C\C/C=C\C/C=C\C/C=C\CC)COP(=O)([O-])OCC[N+](C)(C)C. The van der Waals surface area contributed by atoms with Crippen LogP contribution in [0.1, 0.15) is 258 Å². The molecule has 94 heavy (non-hydrogen) atoms. The van der Waals surface area contributed by atoms with Gasteiger partial charge in [0, 0.05) is 12.8 Å². The van der Waals surface area contributed by atoms with E-state index in [1.807, 2.05) is 21.1 Å². The van der Waals surface area contributed by atoms with Gasteiger partial charge in [-0.2, -0.15) is 0 Å². The molecule has 0 saturated carbocycles. The van der Waals surface area contributed by atoms with Crippen molar-refractivity contribution in [1.82, 2.24) is 0 Å². The van der Waals surface area contributed by atoms with Gasteiger partial charge in [0.2, 0.25) is 0 Å². The normalized spacial score (nSPS) is 14.3. The summed E-state index contributed by atoms with van der Waals surface area (Å²) in [5, 5.41) is 0. The Morgan fingerprint density at radius 2 is 0.574 bits per heavy atom. The van der Waals surface area contributed by atoms with Crippen LogP contribution in [0.15, 0.2) is 207 Å². The Kier molecular flexibility index (Phi) is 67.7. The first-order valence-corrected chi connectivity index (χ1v) is 38.3. The number of carbonyl (C=O) groups is 2. The number of rotatable bonds is 65. The minimum Gasteiger partial charge on any atom is -0.756 e. The summed E-state index contributed by atoms with van der Waals surface area (Å²) in [5.41, 5.74) is 0. The quantitative estimate of drug-likeness (QED) is 0.0195. The number of esters is 2. The maximum atomic E-state index is 12.9. The summed E-state index contributed by atoms with van der Waals surface area (Å²) in [7, 11) is 1.13. The van der Waals surface area contributed by atoms with Crippen molar-refractivity contribution in [1.29, 1.82) is 0 Å². The lowest BCUT2D eigenvalue weighted by molar-refractivity contribution is -0.870. The molecule has 0 saturated heterocycles. The Morgan fingerprint density at radius 3 is 0.851 bits per heavy atom. The molecule has 0 fully saturated rings. The number of hydrogen-bond acceptors (Lipinski definition) is 8. The Bertz CT molecular complexity index is 2340. The molecule has 0 aliphatic carbocycles. The van der Waals surface area contributed by atoms with Gasteiger partial charge in [-0.1, -0.05) is 304 Å². The number of ether oxygens (including phenoxy) is 2. The summed E-state index contributed by atoms with van der Waals surface area (Å²) < 4.78 is 34.3. The first kappa shape index (κ1) is 88.6. The smallest absolute Gasteiger partial charge is 0.306 e. The fourth-order valence-corrected chi connectivity index (χ4v) is 9.98. The summed E-state index contributed by atoms with van der Waals surface area (Å²) in [6.45, 7) is 3.97. The highest BCUT2D eigenvalue weighted by molar-refractivity contribution is 7.45. The molecular formula is C84H134NO8P. The van der Waals surface area contributed by atoms with E-state index in [4.69, 9.17) is 18.5 Å². The molecule has 0 aliphatic rings. The molecule has 0 amide bonds. The van der Waals surface area contributed by atoms with Gasteiger partial charge < -0.3 is 27.9 Å². The van der Waals surface area contributed by atoms with E-state index in [9.17, 15) is 19.0 Å². The van der Waals surface area contributed by atoms with Crippen molar-refractivity contribution in [3.05, 3.63) is 207 Å². The molecule has 0 radical (unpaired) electrons. The minimum atomic E-state index is -4.66. The minimum absolute atomic E-state index is 0.0455. The van der Waals surface area contributed by atoms with Crippen molar-refractivity contribution in [2.75, 3.05) is 47.5 Å². The number of likely N-dealkylation sites (N-methyl/N-ethyl adjacent to an activating group) is 1. The number of unbranched alkanes of at least 4 members (excludes halogenated alkanes) is 17. The van der Waals surface area contributed by atoms with Gasteiger partial charge in [-0.15, -0.1) is 0 Å².